The number of fused-ring (bicyclic) bond motifs is 1. The Morgan fingerprint density at radius 1 is 1.19 bits per heavy atom. The van der Waals surface area contributed by atoms with E-state index >= 15 is 0 Å². The molecule has 3 rings (SSSR count). The summed E-state index contributed by atoms with van der Waals surface area (Å²) in [4.78, 5) is 50.4. The lowest BCUT2D eigenvalue weighted by molar-refractivity contribution is -0.159. The molecule has 1 fully saturated rings. The number of rotatable bonds is 7. The van der Waals surface area contributed by atoms with E-state index in [9.17, 15) is 19.2 Å². The van der Waals surface area contributed by atoms with Gasteiger partial charge in [-0.05, 0) is 48.8 Å². The maximum atomic E-state index is 12.4. The number of carbonyl (C=O) groups is 4. The average Bonchev–Trinajstić information content (AvgIpc) is 2.96. The van der Waals surface area contributed by atoms with Crippen molar-refractivity contribution in [3.05, 3.63) is 47.5 Å². The van der Waals surface area contributed by atoms with Gasteiger partial charge in [-0.3, -0.25) is 14.5 Å². The topological polar surface area (TPSA) is 90.0 Å². The molecule has 1 saturated carbocycles. The molecule has 2 amide bonds. The van der Waals surface area contributed by atoms with Crippen LogP contribution in [0.15, 0.2) is 30.9 Å². The largest absolute Gasteiger partial charge is 0.460 e. The van der Waals surface area contributed by atoms with E-state index in [1.54, 1.807) is 0 Å². The molecule has 1 aromatic carbocycles. The van der Waals surface area contributed by atoms with Crippen LogP contribution in [0.25, 0.3) is 0 Å². The molecule has 7 heteroatoms. The highest BCUT2D eigenvalue weighted by atomic mass is 16.6. The third-order valence-corrected chi connectivity index (χ3v) is 6.08. The Balaban J connectivity index is 1.60. The molecule has 0 radical (unpaired) electrons. The molecule has 1 aromatic rings. The van der Waals surface area contributed by atoms with Crippen molar-refractivity contribution >= 4 is 23.8 Å². The van der Waals surface area contributed by atoms with Crippen LogP contribution < -0.4 is 0 Å². The van der Waals surface area contributed by atoms with Gasteiger partial charge in [-0.15, -0.1) is 6.58 Å². The summed E-state index contributed by atoms with van der Waals surface area (Å²) in [6, 6.07) is 4.15. The standard InChI is InChI=1S/C24H29NO6/c1-5-10-25-22(27)18-9-7-16(12-19(18)23(25)28)24(29)30-13-21(26)31-20-11-15(4)6-8-17(20)14(2)3/h5,7,9,12,14-15,17,20H,1,6,8,10-11,13H2,2-4H3. The smallest absolute Gasteiger partial charge is 0.344 e. The fraction of sp³-hybridized carbons (Fsp3) is 0.500. The second-order valence-corrected chi connectivity index (χ2v) is 8.70. The van der Waals surface area contributed by atoms with E-state index in [-0.39, 0.29) is 29.3 Å². The summed E-state index contributed by atoms with van der Waals surface area (Å²) < 4.78 is 10.7. The molecule has 3 unspecified atom stereocenters. The van der Waals surface area contributed by atoms with Crippen LogP contribution >= 0.6 is 0 Å². The zero-order valence-electron chi connectivity index (χ0n) is 18.3. The Kier molecular flexibility index (Phi) is 6.93. The summed E-state index contributed by atoms with van der Waals surface area (Å²) in [5, 5.41) is 0. The van der Waals surface area contributed by atoms with Crippen molar-refractivity contribution in [2.24, 2.45) is 17.8 Å². The van der Waals surface area contributed by atoms with Crippen molar-refractivity contribution < 1.29 is 28.7 Å². The number of ether oxygens (including phenoxy) is 2. The monoisotopic (exact) mass is 427 g/mol. The van der Waals surface area contributed by atoms with E-state index in [1.807, 2.05) is 0 Å². The van der Waals surface area contributed by atoms with Gasteiger partial charge in [0.25, 0.3) is 11.8 Å². The summed E-state index contributed by atoms with van der Waals surface area (Å²) in [7, 11) is 0. The van der Waals surface area contributed by atoms with E-state index < -0.39 is 30.4 Å². The van der Waals surface area contributed by atoms with Crippen LogP contribution in [0.4, 0.5) is 0 Å². The van der Waals surface area contributed by atoms with Gasteiger partial charge in [0, 0.05) is 6.54 Å². The first-order chi connectivity index (χ1) is 14.7. The molecule has 3 atom stereocenters. The number of amides is 2. The molecule has 1 heterocycles. The third kappa shape index (κ3) is 4.86. The number of hydrogen-bond donors (Lipinski definition) is 0. The number of hydrogen-bond acceptors (Lipinski definition) is 6. The minimum Gasteiger partial charge on any atom is -0.460 e. The van der Waals surface area contributed by atoms with Crippen molar-refractivity contribution in [3.63, 3.8) is 0 Å². The fourth-order valence-electron chi connectivity index (χ4n) is 4.37. The quantitative estimate of drug-likeness (QED) is 0.375. The Morgan fingerprint density at radius 3 is 2.58 bits per heavy atom. The van der Waals surface area contributed by atoms with Crippen LogP contribution in [0.2, 0.25) is 0 Å². The van der Waals surface area contributed by atoms with E-state index in [0.29, 0.717) is 17.8 Å². The van der Waals surface area contributed by atoms with Crippen LogP contribution in [0.1, 0.15) is 71.1 Å². The number of esters is 2. The van der Waals surface area contributed by atoms with Gasteiger partial charge in [-0.25, -0.2) is 9.59 Å². The lowest BCUT2D eigenvalue weighted by Gasteiger charge is -2.36. The molecule has 0 aromatic heterocycles. The summed E-state index contributed by atoms with van der Waals surface area (Å²) in [5.41, 5.74) is 0.466. The Bertz CT molecular complexity index is 905. The summed E-state index contributed by atoms with van der Waals surface area (Å²) in [6.07, 6.45) is 4.23. The van der Waals surface area contributed by atoms with E-state index in [4.69, 9.17) is 9.47 Å². The van der Waals surface area contributed by atoms with Gasteiger partial charge >= 0.3 is 11.9 Å². The molecule has 0 saturated heterocycles. The van der Waals surface area contributed by atoms with Gasteiger partial charge in [-0.1, -0.05) is 33.3 Å². The molecule has 2 aliphatic rings. The second kappa shape index (κ2) is 9.45. The van der Waals surface area contributed by atoms with Crippen LogP contribution in [0, 0.1) is 17.8 Å². The first-order valence-electron chi connectivity index (χ1n) is 10.7. The van der Waals surface area contributed by atoms with Gasteiger partial charge < -0.3 is 9.47 Å². The maximum Gasteiger partial charge on any atom is 0.344 e. The predicted octanol–water partition coefficient (Wildman–Crippen LogP) is 3.63. The molecule has 0 spiro atoms. The fourth-order valence-corrected chi connectivity index (χ4v) is 4.37. The lowest BCUT2D eigenvalue weighted by atomic mass is 9.75. The van der Waals surface area contributed by atoms with Gasteiger partial charge in [0.2, 0.25) is 0 Å². The summed E-state index contributed by atoms with van der Waals surface area (Å²) in [6.45, 7) is 9.52. The molecule has 7 nitrogen and oxygen atoms in total. The highest BCUT2D eigenvalue weighted by Crippen LogP contribution is 2.35. The Labute approximate surface area is 182 Å². The predicted molar refractivity (Wildman–Crippen MR) is 114 cm³/mol. The molecule has 0 bridgehead atoms. The summed E-state index contributed by atoms with van der Waals surface area (Å²) >= 11 is 0. The maximum absolute atomic E-state index is 12.4. The van der Waals surface area contributed by atoms with Crippen molar-refractivity contribution in [2.45, 2.75) is 46.1 Å². The van der Waals surface area contributed by atoms with E-state index in [1.165, 1.54) is 24.3 Å². The number of nitrogens with zero attached hydrogens (tertiary/aromatic N) is 1. The number of benzene rings is 1. The van der Waals surface area contributed by atoms with Crippen LogP contribution in [-0.4, -0.2) is 47.9 Å². The van der Waals surface area contributed by atoms with Crippen LogP contribution in [0.3, 0.4) is 0 Å². The van der Waals surface area contributed by atoms with Crippen LogP contribution in [0.5, 0.6) is 0 Å². The van der Waals surface area contributed by atoms with Gasteiger partial charge in [0.05, 0.1) is 16.7 Å². The second-order valence-electron chi connectivity index (χ2n) is 8.70. The molecule has 0 N–H and O–H groups in total. The lowest BCUT2D eigenvalue weighted by Crippen LogP contribution is -2.36. The minimum atomic E-state index is -0.750. The SMILES string of the molecule is C=CCN1C(=O)c2ccc(C(=O)OCC(=O)OC3CC(C)CCC3C(C)C)cc2C1=O. The molecule has 1 aliphatic carbocycles. The van der Waals surface area contributed by atoms with Crippen molar-refractivity contribution in [3.8, 4) is 0 Å². The summed E-state index contributed by atoms with van der Waals surface area (Å²) in [5.74, 6) is -1.05. The Hall–Kier alpha value is -2.96. The van der Waals surface area contributed by atoms with Crippen molar-refractivity contribution in [2.75, 3.05) is 13.2 Å². The first kappa shape index (κ1) is 22.7. The minimum absolute atomic E-state index is 0.0924. The van der Waals surface area contributed by atoms with E-state index in [2.05, 4.69) is 27.4 Å². The first-order valence-corrected chi connectivity index (χ1v) is 10.7. The van der Waals surface area contributed by atoms with E-state index in [0.717, 1.165) is 24.2 Å². The molecule has 166 valence electrons. The number of imide groups is 1. The van der Waals surface area contributed by atoms with Gasteiger partial charge in [-0.2, -0.15) is 0 Å². The number of carbonyl (C=O) groups excluding carboxylic acids is 4. The third-order valence-electron chi connectivity index (χ3n) is 6.08. The zero-order valence-corrected chi connectivity index (χ0v) is 18.3. The Morgan fingerprint density at radius 2 is 1.90 bits per heavy atom. The van der Waals surface area contributed by atoms with Gasteiger partial charge in [0.15, 0.2) is 6.61 Å². The normalized spacial score (nSPS) is 23.0. The highest BCUT2D eigenvalue weighted by molar-refractivity contribution is 6.22. The highest BCUT2D eigenvalue weighted by Gasteiger charge is 2.36. The average molecular weight is 427 g/mol. The molecular formula is C24H29NO6. The zero-order chi connectivity index (χ0) is 22.7. The molecule has 1 aliphatic heterocycles. The van der Waals surface area contributed by atoms with Crippen LogP contribution in [-0.2, 0) is 14.3 Å². The van der Waals surface area contributed by atoms with Crippen molar-refractivity contribution in [1.82, 2.24) is 4.90 Å². The van der Waals surface area contributed by atoms with Gasteiger partial charge in [0.1, 0.15) is 6.10 Å². The molecular weight excluding hydrogens is 398 g/mol. The van der Waals surface area contributed by atoms with Crippen molar-refractivity contribution in [1.29, 1.82) is 0 Å². The molecule has 31 heavy (non-hydrogen) atoms.